The van der Waals surface area contributed by atoms with Gasteiger partial charge in [0.15, 0.2) is 0 Å². The summed E-state index contributed by atoms with van der Waals surface area (Å²) in [4.78, 5) is 27.9. The molecule has 1 N–H and O–H groups in total. The number of amides is 3. The number of carbonyl (C=O) groups is 2. The summed E-state index contributed by atoms with van der Waals surface area (Å²) in [5.41, 5.74) is 1.79. The van der Waals surface area contributed by atoms with Gasteiger partial charge in [-0.25, -0.2) is 4.79 Å². The third-order valence-corrected chi connectivity index (χ3v) is 4.78. The number of ether oxygens (including phenoxy) is 2. The maximum atomic E-state index is 12.3. The predicted octanol–water partition coefficient (Wildman–Crippen LogP) is 0.438. The van der Waals surface area contributed by atoms with Crippen LogP contribution < -0.4 is 5.32 Å². The molecule has 3 amide bonds. The number of nitrogens with one attached hydrogen (secondary N) is 1. The standard InChI is InChI=1S/C18H29N5O4/c1-13(2)17(24)22-4-5-23-15(10-22)8-14(20-23)9-19-18(25)21(3)11-16-12-26-6-7-27-16/h8,13,16H,4-7,9-12H2,1-3H3,(H,19,25)/t16-/m1/s1. The number of likely N-dealkylation sites (N-methyl/N-ethyl adjacent to an activating group) is 1. The van der Waals surface area contributed by atoms with E-state index in [1.807, 2.05) is 29.5 Å². The van der Waals surface area contributed by atoms with E-state index >= 15 is 0 Å². The van der Waals surface area contributed by atoms with Gasteiger partial charge >= 0.3 is 6.03 Å². The van der Waals surface area contributed by atoms with Crippen molar-refractivity contribution >= 4 is 11.9 Å². The lowest BCUT2D eigenvalue weighted by Gasteiger charge is -2.29. The lowest BCUT2D eigenvalue weighted by molar-refractivity contribution is -0.136. The summed E-state index contributed by atoms with van der Waals surface area (Å²) in [6.07, 6.45) is -0.0844. The van der Waals surface area contributed by atoms with Gasteiger partial charge in [-0.3, -0.25) is 9.48 Å². The van der Waals surface area contributed by atoms with Crippen molar-refractivity contribution in [2.75, 3.05) is 40.0 Å². The van der Waals surface area contributed by atoms with Gasteiger partial charge < -0.3 is 24.6 Å². The minimum absolute atomic E-state index is 0.00712. The summed E-state index contributed by atoms with van der Waals surface area (Å²) in [6, 6.07) is 1.78. The molecule has 3 rings (SSSR count). The molecule has 1 aromatic rings. The Kier molecular flexibility index (Phi) is 6.33. The lowest BCUT2D eigenvalue weighted by Crippen LogP contribution is -2.44. The predicted molar refractivity (Wildman–Crippen MR) is 97.9 cm³/mol. The molecule has 0 aromatic carbocycles. The van der Waals surface area contributed by atoms with Crippen molar-refractivity contribution < 1.29 is 19.1 Å². The highest BCUT2D eigenvalue weighted by Crippen LogP contribution is 2.16. The molecule has 1 fully saturated rings. The van der Waals surface area contributed by atoms with Crippen molar-refractivity contribution in [1.29, 1.82) is 0 Å². The summed E-state index contributed by atoms with van der Waals surface area (Å²) < 4.78 is 12.8. The smallest absolute Gasteiger partial charge is 0.317 e. The minimum Gasteiger partial charge on any atom is -0.376 e. The molecule has 150 valence electrons. The second-order valence-electron chi connectivity index (χ2n) is 7.37. The normalized spacial score (nSPS) is 19.7. The molecule has 9 heteroatoms. The third-order valence-electron chi connectivity index (χ3n) is 4.78. The number of rotatable bonds is 5. The number of aromatic nitrogens is 2. The molecule has 2 aliphatic heterocycles. The van der Waals surface area contributed by atoms with Gasteiger partial charge in [0.05, 0.1) is 63.5 Å². The Labute approximate surface area is 159 Å². The van der Waals surface area contributed by atoms with E-state index in [4.69, 9.17) is 9.47 Å². The minimum atomic E-state index is -0.174. The number of hydrogen-bond donors (Lipinski definition) is 1. The van der Waals surface area contributed by atoms with Crippen molar-refractivity contribution in [1.82, 2.24) is 24.9 Å². The second kappa shape index (κ2) is 8.71. The number of hydrogen-bond acceptors (Lipinski definition) is 5. The molecular formula is C18H29N5O4. The zero-order chi connectivity index (χ0) is 19.4. The number of carbonyl (C=O) groups excluding carboxylic acids is 2. The van der Waals surface area contributed by atoms with Crippen LogP contribution in [0.15, 0.2) is 6.07 Å². The van der Waals surface area contributed by atoms with Crippen molar-refractivity contribution in [3.63, 3.8) is 0 Å². The Bertz CT molecular complexity index is 669. The fourth-order valence-electron chi connectivity index (χ4n) is 3.30. The van der Waals surface area contributed by atoms with Gasteiger partial charge in [0.1, 0.15) is 0 Å². The first kappa shape index (κ1) is 19.6. The molecule has 1 saturated heterocycles. The molecule has 2 aliphatic rings. The van der Waals surface area contributed by atoms with Crippen LogP contribution in [0.2, 0.25) is 0 Å². The molecule has 0 aliphatic carbocycles. The molecule has 1 atom stereocenters. The molecule has 9 nitrogen and oxygen atoms in total. The average molecular weight is 379 g/mol. The van der Waals surface area contributed by atoms with Crippen LogP contribution >= 0.6 is 0 Å². The molecule has 0 unspecified atom stereocenters. The summed E-state index contributed by atoms with van der Waals surface area (Å²) >= 11 is 0. The van der Waals surface area contributed by atoms with Crippen molar-refractivity contribution in [2.24, 2.45) is 5.92 Å². The van der Waals surface area contributed by atoms with E-state index in [1.54, 1.807) is 11.9 Å². The van der Waals surface area contributed by atoms with Crippen molar-refractivity contribution in [3.8, 4) is 0 Å². The molecule has 0 bridgehead atoms. The summed E-state index contributed by atoms with van der Waals surface area (Å²) in [5.74, 6) is 0.153. The van der Waals surface area contributed by atoms with Crippen LogP contribution in [0.1, 0.15) is 25.2 Å². The van der Waals surface area contributed by atoms with Crippen LogP contribution in [0.4, 0.5) is 4.79 Å². The Morgan fingerprint density at radius 3 is 2.89 bits per heavy atom. The first-order valence-corrected chi connectivity index (χ1v) is 9.46. The molecule has 0 spiro atoms. The Morgan fingerprint density at radius 1 is 1.37 bits per heavy atom. The van der Waals surface area contributed by atoms with Crippen LogP contribution in [0.3, 0.4) is 0 Å². The second-order valence-corrected chi connectivity index (χ2v) is 7.37. The number of urea groups is 1. The SMILES string of the molecule is CC(C)C(=O)N1CCn2nc(CNC(=O)N(C)C[C@@H]3COCCO3)cc2C1. The van der Waals surface area contributed by atoms with E-state index in [9.17, 15) is 9.59 Å². The van der Waals surface area contributed by atoms with E-state index in [-0.39, 0.29) is 24.0 Å². The lowest BCUT2D eigenvalue weighted by atomic mass is 10.1. The summed E-state index contributed by atoms with van der Waals surface area (Å²) in [5, 5.41) is 7.42. The number of nitrogens with zero attached hydrogens (tertiary/aromatic N) is 4. The van der Waals surface area contributed by atoms with Gasteiger partial charge in [0.25, 0.3) is 0 Å². The summed E-state index contributed by atoms with van der Waals surface area (Å²) in [7, 11) is 1.74. The van der Waals surface area contributed by atoms with Crippen LogP contribution in [0.5, 0.6) is 0 Å². The zero-order valence-electron chi connectivity index (χ0n) is 16.3. The first-order chi connectivity index (χ1) is 12.9. The zero-order valence-corrected chi connectivity index (χ0v) is 16.3. The van der Waals surface area contributed by atoms with Gasteiger partial charge in [-0.1, -0.05) is 13.8 Å². The maximum Gasteiger partial charge on any atom is 0.317 e. The largest absolute Gasteiger partial charge is 0.376 e. The maximum absolute atomic E-state index is 12.3. The Morgan fingerprint density at radius 2 is 2.19 bits per heavy atom. The fourth-order valence-corrected chi connectivity index (χ4v) is 3.30. The van der Waals surface area contributed by atoms with E-state index in [0.717, 1.165) is 11.4 Å². The molecule has 3 heterocycles. The Hall–Kier alpha value is -2.13. The van der Waals surface area contributed by atoms with E-state index in [1.165, 1.54) is 0 Å². The number of fused-ring (bicyclic) bond motifs is 1. The average Bonchev–Trinajstić information content (AvgIpc) is 3.08. The van der Waals surface area contributed by atoms with Gasteiger partial charge in [0, 0.05) is 19.5 Å². The molecule has 1 aromatic heterocycles. The fraction of sp³-hybridized carbons (Fsp3) is 0.722. The first-order valence-electron chi connectivity index (χ1n) is 9.46. The monoisotopic (exact) mass is 379 g/mol. The highest BCUT2D eigenvalue weighted by atomic mass is 16.6. The van der Waals surface area contributed by atoms with Crippen LogP contribution in [-0.2, 0) is 33.9 Å². The van der Waals surface area contributed by atoms with Gasteiger partial charge in [-0.2, -0.15) is 5.10 Å². The highest BCUT2D eigenvalue weighted by Gasteiger charge is 2.24. The molecule has 0 radical (unpaired) electrons. The highest BCUT2D eigenvalue weighted by molar-refractivity contribution is 5.78. The third kappa shape index (κ3) is 4.98. The van der Waals surface area contributed by atoms with Crippen LogP contribution in [0.25, 0.3) is 0 Å². The van der Waals surface area contributed by atoms with Crippen molar-refractivity contribution in [2.45, 2.75) is 39.6 Å². The van der Waals surface area contributed by atoms with E-state index < -0.39 is 0 Å². The Balaban J connectivity index is 1.49. The van der Waals surface area contributed by atoms with Crippen molar-refractivity contribution in [3.05, 3.63) is 17.5 Å². The molecule has 27 heavy (non-hydrogen) atoms. The van der Waals surface area contributed by atoms with Crippen LogP contribution in [0, 0.1) is 5.92 Å². The van der Waals surface area contributed by atoms with Gasteiger partial charge in [0.2, 0.25) is 5.91 Å². The molecular weight excluding hydrogens is 350 g/mol. The van der Waals surface area contributed by atoms with E-state index in [2.05, 4.69) is 10.4 Å². The van der Waals surface area contributed by atoms with Crippen LogP contribution in [-0.4, -0.2) is 77.6 Å². The van der Waals surface area contributed by atoms with Gasteiger partial charge in [-0.15, -0.1) is 0 Å². The quantitative estimate of drug-likeness (QED) is 0.802. The van der Waals surface area contributed by atoms with E-state index in [0.29, 0.717) is 52.5 Å². The molecule has 0 saturated carbocycles. The topological polar surface area (TPSA) is 88.9 Å². The summed E-state index contributed by atoms with van der Waals surface area (Å²) in [6.45, 7) is 8.26. The van der Waals surface area contributed by atoms with Gasteiger partial charge in [-0.05, 0) is 6.07 Å².